The van der Waals surface area contributed by atoms with Gasteiger partial charge < -0.3 is 9.47 Å². The summed E-state index contributed by atoms with van der Waals surface area (Å²) < 4.78 is 63.4. The molecule has 0 unspecified atom stereocenters. The number of alkyl halides is 3. The highest BCUT2D eigenvalue weighted by Gasteiger charge is 2.36. The van der Waals surface area contributed by atoms with Crippen LogP contribution in [-0.2, 0) is 16.4 Å². The van der Waals surface area contributed by atoms with Gasteiger partial charge in [-0.25, -0.2) is 8.42 Å². The quantitative estimate of drug-likeness (QED) is 0.815. The van der Waals surface area contributed by atoms with E-state index in [-0.39, 0.29) is 11.6 Å². The van der Waals surface area contributed by atoms with E-state index in [9.17, 15) is 26.4 Å². The van der Waals surface area contributed by atoms with Crippen molar-refractivity contribution in [1.82, 2.24) is 9.47 Å². The smallest absolute Gasteiger partial charge is 0.348 e. The van der Waals surface area contributed by atoms with Crippen LogP contribution in [0.3, 0.4) is 0 Å². The van der Waals surface area contributed by atoms with E-state index in [0.717, 1.165) is 17.8 Å². The number of hydrogen-bond donors (Lipinski definition) is 0. The van der Waals surface area contributed by atoms with Gasteiger partial charge in [-0.1, -0.05) is 6.07 Å². The number of amides is 1. The Bertz CT molecular complexity index is 935. The van der Waals surface area contributed by atoms with Crippen LogP contribution in [0.2, 0.25) is 0 Å². The molecule has 0 N–H and O–H groups in total. The molecule has 140 valence electrons. The van der Waals surface area contributed by atoms with E-state index < -0.39 is 32.6 Å². The van der Waals surface area contributed by atoms with Gasteiger partial charge >= 0.3 is 6.18 Å². The predicted octanol–water partition coefficient (Wildman–Crippen LogP) is 3.04. The first-order valence-corrected chi connectivity index (χ1v) is 9.59. The Balaban J connectivity index is 1.88. The molecular formula is C17H17F3N2O3S. The number of halogens is 3. The molecule has 0 fully saturated rings. The topological polar surface area (TPSA) is 59.4 Å². The van der Waals surface area contributed by atoms with Crippen LogP contribution in [0.5, 0.6) is 0 Å². The van der Waals surface area contributed by atoms with Crippen molar-refractivity contribution in [2.45, 2.75) is 30.6 Å². The molecule has 1 aliphatic rings. The molecule has 2 aromatic rings. The lowest BCUT2D eigenvalue weighted by Gasteiger charge is -2.35. The summed E-state index contributed by atoms with van der Waals surface area (Å²) in [5.41, 5.74) is 1.01. The summed E-state index contributed by atoms with van der Waals surface area (Å²) in [6.07, 6.45) is -2.93. The molecule has 5 nitrogen and oxygen atoms in total. The van der Waals surface area contributed by atoms with E-state index >= 15 is 0 Å². The van der Waals surface area contributed by atoms with Crippen LogP contribution in [0, 0.1) is 0 Å². The maximum atomic E-state index is 12.8. The number of carbonyl (C=O) groups is 1. The van der Waals surface area contributed by atoms with Gasteiger partial charge in [0.2, 0.25) is 0 Å². The molecule has 9 heteroatoms. The number of nitrogens with zero attached hydrogens (tertiary/aromatic N) is 2. The molecule has 0 aliphatic carbocycles. The zero-order chi connectivity index (χ0) is 19.1. The molecule has 0 saturated carbocycles. The average Bonchev–Trinajstić information content (AvgIpc) is 3.02. The van der Waals surface area contributed by atoms with Gasteiger partial charge in [0.25, 0.3) is 5.91 Å². The van der Waals surface area contributed by atoms with Crippen LogP contribution in [0.1, 0.15) is 29.0 Å². The van der Waals surface area contributed by atoms with Crippen molar-refractivity contribution in [1.29, 1.82) is 0 Å². The van der Waals surface area contributed by atoms with E-state index in [0.29, 0.717) is 13.1 Å². The largest absolute Gasteiger partial charge is 0.403 e. The zero-order valence-electron chi connectivity index (χ0n) is 13.9. The number of fused-ring (bicyclic) bond motifs is 1. The lowest BCUT2D eigenvalue weighted by atomic mass is 10.1. The van der Waals surface area contributed by atoms with Crippen LogP contribution in [0.15, 0.2) is 47.5 Å². The van der Waals surface area contributed by atoms with Gasteiger partial charge in [0.05, 0.1) is 10.9 Å². The summed E-state index contributed by atoms with van der Waals surface area (Å²) in [6, 6.07) is 8.34. The standard InChI is InChI=1S/C17H17F3N2O3S/c1-12-15-6-3-7-21(15)8-9-22(12)16(23)13-4-2-5-14(10-13)26(24,25)11-17(18,19)20/h2-7,10,12H,8-9,11H2,1H3/t12-/m1/s1. The maximum absolute atomic E-state index is 12.8. The molecule has 0 saturated heterocycles. The Hall–Kier alpha value is -2.29. The number of carbonyl (C=O) groups excluding carboxylic acids is 1. The second-order valence-corrected chi connectivity index (χ2v) is 8.19. The summed E-state index contributed by atoms with van der Waals surface area (Å²) in [5, 5.41) is 0. The fourth-order valence-electron chi connectivity index (χ4n) is 3.14. The van der Waals surface area contributed by atoms with E-state index in [2.05, 4.69) is 0 Å². The van der Waals surface area contributed by atoms with Crippen molar-refractivity contribution in [2.24, 2.45) is 0 Å². The highest BCUT2D eigenvalue weighted by molar-refractivity contribution is 7.91. The molecule has 0 spiro atoms. The fraction of sp³-hybridized carbons (Fsp3) is 0.353. The number of benzene rings is 1. The SMILES string of the molecule is C[C@@H]1c2cccn2CCN1C(=O)c1cccc(S(=O)(=O)CC(F)(F)F)c1. The van der Waals surface area contributed by atoms with Crippen LogP contribution < -0.4 is 0 Å². The lowest BCUT2D eigenvalue weighted by Crippen LogP contribution is -2.40. The summed E-state index contributed by atoms with van der Waals surface area (Å²) in [5.74, 6) is -2.36. The molecule has 1 aromatic heterocycles. The molecular weight excluding hydrogens is 369 g/mol. The Morgan fingerprint density at radius 3 is 2.62 bits per heavy atom. The van der Waals surface area contributed by atoms with E-state index in [1.807, 2.05) is 29.8 Å². The minimum absolute atomic E-state index is 0.0557. The van der Waals surface area contributed by atoms with Crippen LogP contribution in [0.25, 0.3) is 0 Å². The predicted molar refractivity (Wildman–Crippen MR) is 88.4 cm³/mol. The fourth-order valence-corrected chi connectivity index (χ4v) is 4.33. The molecule has 26 heavy (non-hydrogen) atoms. The van der Waals surface area contributed by atoms with Crippen molar-refractivity contribution in [2.75, 3.05) is 12.3 Å². The lowest BCUT2D eigenvalue weighted by molar-refractivity contribution is -0.106. The Morgan fingerprint density at radius 2 is 1.92 bits per heavy atom. The molecule has 1 aromatic carbocycles. The minimum atomic E-state index is -4.84. The Morgan fingerprint density at radius 1 is 1.19 bits per heavy atom. The van der Waals surface area contributed by atoms with Gasteiger partial charge in [0.15, 0.2) is 15.6 Å². The van der Waals surface area contributed by atoms with Crippen molar-refractivity contribution in [3.8, 4) is 0 Å². The van der Waals surface area contributed by atoms with E-state index in [1.165, 1.54) is 12.1 Å². The molecule has 1 atom stereocenters. The Labute approximate surface area is 148 Å². The molecule has 0 radical (unpaired) electrons. The van der Waals surface area contributed by atoms with Crippen LogP contribution in [0.4, 0.5) is 13.2 Å². The molecule has 0 bridgehead atoms. The van der Waals surface area contributed by atoms with Crippen molar-refractivity contribution >= 4 is 15.7 Å². The molecule has 1 aliphatic heterocycles. The Kier molecular flexibility index (Phi) is 4.60. The summed E-state index contributed by atoms with van der Waals surface area (Å²) in [7, 11) is -4.56. The van der Waals surface area contributed by atoms with Crippen LogP contribution in [-0.4, -0.2) is 42.3 Å². The van der Waals surface area contributed by atoms with Gasteiger partial charge in [-0.15, -0.1) is 0 Å². The highest BCUT2D eigenvalue weighted by atomic mass is 32.2. The number of aromatic nitrogens is 1. The average molecular weight is 386 g/mol. The normalized spacial score (nSPS) is 17.8. The van der Waals surface area contributed by atoms with E-state index in [1.54, 1.807) is 4.90 Å². The first-order valence-electron chi connectivity index (χ1n) is 7.94. The van der Waals surface area contributed by atoms with Crippen molar-refractivity contribution in [3.63, 3.8) is 0 Å². The molecule has 1 amide bonds. The zero-order valence-corrected chi connectivity index (χ0v) is 14.7. The summed E-state index contributed by atoms with van der Waals surface area (Å²) in [4.78, 5) is 13.9. The van der Waals surface area contributed by atoms with Gasteiger partial charge in [0, 0.05) is 30.5 Å². The summed E-state index contributed by atoms with van der Waals surface area (Å²) in [6.45, 7) is 2.89. The number of rotatable bonds is 3. The highest BCUT2D eigenvalue weighted by Crippen LogP contribution is 2.28. The third-order valence-electron chi connectivity index (χ3n) is 4.40. The van der Waals surface area contributed by atoms with Crippen molar-refractivity contribution in [3.05, 3.63) is 53.9 Å². The summed E-state index contributed by atoms with van der Waals surface area (Å²) >= 11 is 0. The monoisotopic (exact) mass is 386 g/mol. The maximum Gasteiger partial charge on any atom is 0.403 e. The van der Waals surface area contributed by atoms with Crippen LogP contribution >= 0.6 is 0 Å². The second-order valence-electron chi connectivity index (χ2n) is 6.20. The first-order chi connectivity index (χ1) is 12.1. The number of hydrogen-bond acceptors (Lipinski definition) is 3. The molecule has 3 rings (SSSR count). The van der Waals surface area contributed by atoms with Crippen molar-refractivity contribution < 1.29 is 26.4 Å². The van der Waals surface area contributed by atoms with Gasteiger partial charge in [-0.2, -0.15) is 13.2 Å². The first kappa shape index (κ1) is 18.5. The minimum Gasteiger partial charge on any atom is -0.348 e. The third-order valence-corrected chi connectivity index (χ3v) is 6.08. The number of sulfone groups is 1. The second kappa shape index (κ2) is 6.46. The van der Waals surface area contributed by atoms with Gasteiger partial charge in [0.1, 0.15) is 0 Å². The van der Waals surface area contributed by atoms with Gasteiger partial charge in [-0.3, -0.25) is 4.79 Å². The van der Waals surface area contributed by atoms with Gasteiger partial charge in [-0.05, 0) is 37.3 Å². The molecule has 2 heterocycles. The third kappa shape index (κ3) is 3.62. The van der Waals surface area contributed by atoms with E-state index in [4.69, 9.17) is 0 Å².